The normalized spacial score (nSPS) is 12.3. The fourth-order valence-electron chi connectivity index (χ4n) is 11.4. The highest BCUT2D eigenvalue weighted by atomic mass is 35.5. The first-order chi connectivity index (χ1) is 49.5. The van der Waals surface area contributed by atoms with Crippen LogP contribution >= 0.6 is 11.6 Å². The summed E-state index contributed by atoms with van der Waals surface area (Å²) in [4.78, 5) is 59.1. The van der Waals surface area contributed by atoms with Crippen molar-refractivity contribution in [3.63, 3.8) is 0 Å². The topological polar surface area (TPSA) is 288 Å². The van der Waals surface area contributed by atoms with Crippen LogP contribution in [-0.2, 0) is 58.2 Å². The van der Waals surface area contributed by atoms with E-state index >= 15 is 0 Å². The van der Waals surface area contributed by atoms with E-state index in [0.29, 0.717) is 88.6 Å². The zero-order valence-electron chi connectivity index (χ0n) is 56.1. The lowest BCUT2D eigenvalue weighted by molar-refractivity contribution is 0.186. The van der Waals surface area contributed by atoms with Gasteiger partial charge in [0.2, 0.25) is 5.28 Å². The van der Waals surface area contributed by atoms with Gasteiger partial charge in [-0.1, -0.05) is 18.2 Å². The summed E-state index contributed by atoms with van der Waals surface area (Å²) in [6.45, 7) is 2.95. The van der Waals surface area contributed by atoms with E-state index in [1.165, 1.54) is 73.1 Å². The molecule has 526 valence electrons. The number of aryl methyl sites for hydroxylation is 4. The zero-order valence-corrected chi connectivity index (χ0v) is 56.8. The Bertz CT molecular complexity index is 4800. The van der Waals surface area contributed by atoms with Gasteiger partial charge in [0, 0.05) is 85.6 Å². The van der Waals surface area contributed by atoms with Crippen LogP contribution in [0.2, 0.25) is 5.28 Å². The average molecular weight is 1410 g/mol. The SMILES string of the molecule is CN(Cc1ncn(-c2cccc(F)c2)n1)c1nc(-c2cc(F)ccn2)nc2c1CCC2.CN(Cc1ncn(-c2cccc(F)c2)n1)c1nc(-c2cc(OCCO)ccn2)nc2c1CCC2.CN(Cc1ncn(-c2cccc(F)c2)n1)c1nc(Cl)nc2c1CCC2.Cc1cc(F)ccn1.OCCO. The molecule has 3 N–H and O–H groups in total. The molecule has 25 nitrogen and oxygen atoms in total. The molecule has 15 rings (SSSR count). The van der Waals surface area contributed by atoms with E-state index in [2.05, 4.69) is 60.2 Å². The summed E-state index contributed by atoms with van der Waals surface area (Å²) < 4.78 is 76.4. The molecule has 31 heteroatoms. The molecule has 0 aliphatic heterocycles. The lowest BCUT2D eigenvalue weighted by Crippen LogP contribution is -2.21. The van der Waals surface area contributed by atoms with Gasteiger partial charge in [0.15, 0.2) is 29.1 Å². The number of nitrogens with zero attached hydrogens (tertiary/aromatic N) is 21. The molecular weight excluding hydrogens is 1340 g/mol. The maximum absolute atomic E-state index is 13.7. The number of halogens is 6. The number of rotatable bonds is 18. The molecule has 3 aromatic carbocycles. The van der Waals surface area contributed by atoms with Crippen molar-refractivity contribution in [1.82, 2.24) is 89.1 Å². The number of aliphatic hydroxyl groups excluding tert-OH is 3. The molecule has 9 aromatic heterocycles. The Morgan fingerprint density at radius 2 is 0.824 bits per heavy atom. The maximum Gasteiger partial charge on any atom is 0.224 e. The summed E-state index contributed by atoms with van der Waals surface area (Å²) in [5, 5.41) is 37.9. The predicted molar refractivity (Wildman–Crippen MR) is 370 cm³/mol. The van der Waals surface area contributed by atoms with Gasteiger partial charge in [0.25, 0.3) is 0 Å². The number of hydrogen-bond acceptors (Lipinski definition) is 22. The van der Waals surface area contributed by atoms with Crippen molar-refractivity contribution in [3.8, 4) is 45.8 Å². The molecule has 0 atom stereocenters. The first-order valence-electron chi connectivity index (χ1n) is 32.6. The molecule has 0 saturated carbocycles. The second kappa shape index (κ2) is 34.2. The predicted octanol–water partition coefficient (Wildman–Crippen LogP) is 9.75. The van der Waals surface area contributed by atoms with Crippen molar-refractivity contribution in [1.29, 1.82) is 0 Å². The Balaban J connectivity index is 0.000000143. The monoisotopic (exact) mass is 1410 g/mol. The molecule has 0 bridgehead atoms. The van der Waals surface area contributed by atoms with Crippen LogP contribution in [0.15, 0.2) is 147 Å². The highest BCUT2D eigenvalue weighted by Crippen LogP contribution is 2.34. The second-order valence-electron chi connectivity index (χ2n) is 23.6. The third kappa shape index (κ3) is 18.8. The Kier molecular flexibility index (Phi) is 24.2. The molecule has 0 fully saturated rings. The van der Waals surface area contributed by atoms with Gasteiger partial charge in [-0.25, -0.2) is 80.9 Å². The zero-order chi connectivity index (χ0) is 71.7. The fourth-order valence-corrected chi connectivity index (χ4v) is 11.6. The van der Waals surface area contributed by atoms with Crippen LogP contribution in [0.5, 0.6) is 5.75 Å². The van der Waals surface area contributed by atoms with Crippen molar-refractivity contribution in [2.24, 2.45) is 0 Å². The molecule has 3 aliphatic rings. The van der Waals surface area contributed by atoms with Crippen LogP contribution in [-0.4, -0.2) is 152 Å². The number of hydrogen-bond donors (Lipinski definition) is 3. The van der Waals surface area contributed by atoms with Crippen molar-refractivity contribution in [2.75, 3.05) is 62.3 Å². The van der Waals surface area contributed by atoms with Gasteiger partial charge in [0.05, 0.1) is 62.2 Å². The molecule has 102 heavy (non-hydrogen) atoms. The number of fused-ring (bicyclic) bond motifs is 3. The van der Waals surface area contributed by atoms with Crippen molar-refractivity contribution < 1.29 is 42.0 Å². The average Bonchev–Trinajstić information content (AvgIpc) is 1.42. The van der Waals surface area contributed by atoms with Gasteiger partial charge in [-0.3, -0.25) is 15.0 Å². The highest BCUT2D eigenvalue weighted by molar-refractivity contribution is 6.28. The summed E-state index contributed by atoms with van der Waals surface area (Å²) >= 11 is 6.05. The Morgan fingerprint density at radius 1 is 0.431 bits per heavy atom. The number of aliphatic hydroxyl groups is 3. The van der Waals surface area contributed by atoms with Crippen LogP contribution in [0, 0.1) is 36.0 Å². The standard InChI is InChI=1S/C24H24FN7O2.C22H19F2N7.C17H16ClFN6.C6H6FN.C2H6O2/c1-31(14-22-27-15-32(30-22)17-5-2-4-16(25)12-17)24-19-6-3-7-20(19)28-23(29-24)21-13-18(8-9-26-21)34-11-10-33;1-30(12-20-26-13-31(29-20)16-5-2-4-14(23)10-16)22-17-6-3-7-18(17)27-21(28-22)19-11-15(24)8-9-25-19;1-24(16-13-6-3-7-14(13)21-17(18)22-16)9-15-20-10-25(23-15)12-5-2-4-11(19)8-12;1-5-4-6(7)2-3-8-5;3-1-2-4/h2,4-5,8-9,12-13,15,33H,3,6-7,10-11,14H2,1H3;2,4-5,8-11,13H,3,6-7,12H2,1H3;2,4-5,8,10H,3,6-7,9H2,1H3;2-4H,1H3;3-4H,1-2H2. The van der Waals surface area contributed by atoms with E-state index in [9.17, 15) is 22.0 Å². The highest BCUT2D eigenvalue weighted by Gasteiger charge is 2.27. The van der Waals surface area contributed by atoms with Gasteiger partial charge < -0.3 is 34.8 Å². The smallest absolute Gasteiger partial charge is 0.224 e. The van der Waals surface area contributed by atoms with Gasteiger partial charge >= 0.3 is 0 Å². The van der Waals surface area contributed by atoms with E-state index in [1.54, 1.807) is 94.7 Å². The summed E-state index contributed by atoms with van der Waals surface area (Å²) in [6.07, 6.45) is 17.7. The molecular formula is C71H71ClF5N21O4. The molecule has 0 amide bonds. The number of aromatic nitrogens is 18. The largest absolute Gasteiger partial charge is 0.491 e. The lowest BCUT2D eigenvalue weighted by atomic mass is 10.2. The van der Waals surface area contributed by atoms with Crippen LogP contribution in [0.3, 0.4) is 0 Å². The maximum atomic E-state index is 13.7. The van der Waals surface area contributed by atoms with E-state index < -0.39 is 0 Å². The molecule has 9 heterocycles. The minimum Gasteiger partial charge on any atom is -0.491 e. The summed E-state index contributed by atoms with van der Waals surface area (Å²) in [6, 6.07) is 27.5. The van der Waals surface area contributed by atoms with Crippen LogP contribution < -0.4 is 19.4 Å². The molecule has 0 saturated heterocycles. The summed E-state index contributed by atoms with van der Waals surface area (Å²) in [5.41, 5.74) is 9.95. The quantitative estimate of drug-likeness (QED) is 0.0532. The Morgan fingerprint density at radius 3 is 1.22 bits per heavy atom. The minimum atomic E-state index is -0.379. The number of benzene rings is 3. The third-order valence-corrected chi connectivity index (χ3v) is 16.2. The van der Waals surface area contributed by atoms with Gasteiger partial charge in [-0.2, -0.15) is 0 Å². The van der Waals surface area contributed by atoms with E-state index in [4.69, 9.17) is 46.6 Å². The molecule has 0 radical (unpaired) electrons. The van der Waals surface area contributed by atoms with Crippen molar-refractivity contribution in [2.45, 2.75) is 84.3 Å². The van der Waals surface area contributed by atoms with Gasteiger partial charge in [0.1, 0.15) is 89.3 Å². The first-order valence-corrected chi connectivity index (χ1v) is 32.9. The summed E-state index contributed by atoms with van der Waals surface area (Å²) in [5.74, 6) is 4.17. The number of anilines is 3. The first kappa shape index (κ1) is 72.1. The van der Waals surface area contributed by atoms with Crippen LogP contribution in [0.4, 0.5) is 39.4 Å². The van der Waals surface area contributed by atoms with Gasteiger partial charge in [-0.15, -0.1) is 15.3 Å². The molecule has 12 aromatic rings. The molecule has 0 spiro atoms. The number of ether oxygens (including phenoxy) is 1. The van der Waals surface area contributed by atoms with Crippen molar-refractivity contribution >= 4 is 29.1 Å². The third-order valence-electron chi connectivity index (χ3n) is 16.0. The molecule has 3 aliphatic carbocycles. The minimum absolute atomic E-state index is 0.0645. The van der Waals surface area contributed by atoms with Crippen LogP contribution in [0.1, 0.15) is 76.2 Å². The Labute approximate surface area is 588 Å². The molecule has 0 unspecified atom stereocenters. The Hall–Kier alpha value is -11.2. The lowest BCUT2D eigenvalue weighted by Gasteiger charge is -2.20. The number of pyridine rings is 3. The van der Waals surface area contributed by atoms with Crippen LogP contribution in [0.25, 0.3) is 40.1 Å². The van der Waals surface area contributed by atoms with E-state index in [0.717, 1.165) is 109 Å². The van der Waals surface area contributed by atoms with Crippen molar-refractivity contribution in [3.05, 3.63) is 238 Å². The van der Waals surface area contributed by atoms with E-state index in [-0.39, 0.29) is 60.8 Å². The summed E-state index contributed by atoms with van der Waals surface area (Å²) in [7, 11) is 5.79. The van der Waals surface area contributed by atoms with E-state index in [1.807, 2.05) is 35.8 Å². The second-order valence-corrected chi connectivity index (χ2v) is 23.9. The fraction of sp³-hybridized carbons (Fsp3) is 0.282. The van der Waals surface area contributed by atoms with Gasteiger partial charge in [-0.05, 0) is 155 Å².